The van der Waals surface area contributed by atoms with Gasteiger partial charge in [0, 0.05) is 12.1 Å². The second-order valence-corrected chi connectivity index (χ2v) is 2.16. The van der Waals surface area contributed by atoms with Crippen LogP contribution in [0.25, 0.3) is 0 Å². The van der Waals surface area contributed by atoms with Crippen molar-refractivity contribution in [3.63, 3.8) is 0 Å². The Morgan fingerprint density at radius 2 is 2.29 bits per heavy atom. The number of rotatable bonds is 0. The molecule has 2 heteroatoms. The zero-order chi connectivity index (χ0) is 5.28. The molecular formula is C5H11N2. The van der Waals surface area contributed by atoms with Crippen LogP contribution in [-0.2, 0) is 0 Å². The van der Waals surface area contributed by atoms with E-state index in [9.17, 15) is 0 Å². The van der Waals surface area contributed by atoms with Crippen LogP contribution < -0.4 is 11.5 Å². The maximum Gasteiger partial charge on any atom is 0.0352 e. The molecule has 41 valence electrons. The van der Waals surface area contributed by atoms with Crippen molar-refractivity contribution in [2.45, 2.75) is 25.3 Å². The Kier molecular flexibility index (Phi) is 1.30. The molecule has 4 N–H and O–H groups in total. The van der Waals surface area contributed by atoms with E-state index < -0.39 is 0 Å². The third-order valence-corrected chi connectivity index (χ3v) is 1.36. The lowest BCUT2D eigenvalue weighted by molar-refractivity contribution is 0.706. The minimum Gasteiger partial charge on any atom is -0.328 e. The standard InChI is InChI=1S/C5H11N2/c6-4-1-2-5(7)3-4/h4H,1-3,6-7H2. The highest BCUT2D eigenvalue weighted by molar-refractivity contribution is 4.94. The van der Waals surface area contributed by atoms with Gasteiger partial charge in [-0.2, -0.15) is 0 Å². The van der Waals surface area contributed by atoms with Gasteiger partial charge in [0.15, 0.2) is 0 Å². The Morgan fingerprint density at radius 1 is 1.57 bits per heavy atom. The summed E-state index contributed by atoms with van der Waals surface area (Å²) in [5.41, 5.74) is 11.0. The predicted octanol–water partition coefficient (Wildman–Crippen LogP) is -0.0117. The molecule has 0 heterocycles. The first kappa shape index (κ1) is 5.06. The summed E-state index contributed by atoms with van der Waals surface area (Å²) in [6, 6.07) is 1.44. The topological polar surface area (TPSA) is 52.0 Å². The van der Waals surface area contributed by atoms with E-state index in [4.69, 9.17) is 11.5 Å². The van der Waals surface area contributed by atoms with Crippen LogP contribution in [0.2, 0.25) is 0 Å². The fourth-order valence-electron chi connectivity index (χ4n) is 0.912. The molecule has 0 saturated heterocycles. The van der Waals surface area contributed by atoms with Crippen LogP contribution >= 0.6 is 0 Å². The van der Waals surface area contributed by atoms with Gasteiger partial charge in [-0.05, 0) is 19.3 Å². The van der Waals surface area contributed by atoms with Crippen LogP contribution in [0.3, 0.4) is 0 Å². The van der Waals surface area contributed by atoms with Gasteiger partial charge in [-0.15, -0.1) is 0 Å². The van der Waals surface area contributed by atoms with Crippen molar-refractivity contribution >= 4 is 0 Å². The zero-order valence-electron chi connectivity index (χ0n) is 4.35. The van der Waals surface area contributed by atoms with Gasteiger partial charge in [0.2, 0.25) is 0 Å². The molecule has 7 heavy (non-hydrogen) atoms. The summed E-state index contributed by atoms with van der Waals surface area (Å²) >= 11 is 0. The third kappa shape index (κ3) is 1.14. The highest BCUT2D eigenvalue weighted by Crippen LogP contribution is 2.20. The summed E-state index contributed by atoms with van der Waals surface area (Å²) in [4.78, 5) is 0. The lowest BCUT2D eigenvalue weighted by Gasteiger charge is -1.96. The minimum absolute atomic E-state index is 0.361. The van der Waals surface area contributed by atoms with Crippen molar-refractivity contribution in [1.82, 2.24) is 0 Å². The first-order chi connectivity index (χ1) is 3.29. The Labute approximate surface area is 43.9 Å². The Morgan fingerprint density at radius 3 is 2.43 bits per heavy atom. The molecule has 0 aliphatic heterocycles. The molecule has 1 unspecified atom stereocenters. The van der Waals surface area contributed by atoms with E-state index in [1.54, 1.807) is 0 Å². The van der Waals surface area contributed by atoms with E-state index in [0.29, 0.717) is 6.04 Å². The summed E-state index contributed by atoms with van der Waals surface area (Å²) in [6.45, 7) is 0. The number of nitrogens with two attached hydrogens (primary N) is 2. The number of hydrogen-bond donors (Lipinski definition) is 2. The quantitative estimate of drug-likeness (QED) is 0.448. The van der Waals surface area contributed by atoms with E-state index in [0.717, 1.165) is 25.3 Å². The van der Waals surface area contributed by atoms with Crippen LogP contribution in [0, 0.1) is 6.04 Å². The minimum atomic E-state index is 0.361. The van der Waals surface area contributed by atoms with Crippen molar-refractivity contribution in [2.24, 2.45) is 11.5 Å². The fourth-order valence-corrected chi connectivity index (χ4v) is 0.912. The smallest absolute Gasteiger partial charge is 0.0352 e. The first-order valence-electron chi connectivity index (χ1n) is 2.65. The van der Waals surface area contributed by atoms with Crippen LogP contribution in [0.5, 0.6) is 0 Å². The molecule has 0 spiro atoms. The van der Waals surface area contributed by atoms with E-state index in [2.05, 4.69) is 0 Å². The van der Waals surface area contributed by atoms with Gasteiger partial charge in [-0.3, -0.25) is 0 Å². The monoisotopic (exact) mass is 99.1 g/mol. The van der Waals surface area contributed by atoms with E-state index >= 15 is 0 Å². The fraction of sp³-hybridized carbons (Fsp3) is 0.800. The molecule has 1 radical (unpaired) electrons. The Hall–Kier alpha value is -0.0800. The average Bonchev–Trinajstić information content (AvgIpc) is 1.87. The van der Waals surface area contributed by atoms with Crippen LogP contribution in [0.15, 0.2) is 0 Å². The molecule has 0 aromatic heterocycles. The van der Waals surface area contributed by atoms with Gasteiger partial charge in [0.25, 0.3) is 0 Å². The molecule has 0 bridgehead atoms. The summed E-state index contributed by atoms with van der Waals surface area (Å²) in [7, 11) is 0. The zero-order valence-corrected chi connectivity index (χ0v) is 4.35. The molecular weight excluding hydrogens is 88.1 g/mol. The van der Waals surface area contributed by atoms with Crippen molar-refractivity contribution < 1.29 is 0 Å². The maximum absolute atomic E-state index is 5.52. The van der Waals surface area contributed by atoms with Crippen LogP contribution in [-0.4, -0.2) is 6.04 Å². The van der Waals surface area contributed by atoms with Gasteiger partial charge >= 0.3 is 0 Å². The molecule has 1 aliphatic carbocycles. The predicted molar refractivity (Wildman–Crippen MR) is 29.3 cm³/mol. The maximum atomic E-state index is 5.52. The molecule has 1 aliphatic rings. The molecule has 0 aromatic carbocycles. The lowest BCUT2D eigenvalue weighted by atomic mass is 10.2. The lowest BCUT2D eigenvalue weighted by Crippen LogP contribution is -2.16. The Bertz CT molecular complexity index is 55.1. The van der Waals surface area contributed by atoms with Crippen molar-refractivity contribution in [2.75, 3.05) is 0 Å². The molecule has 1 rings (SSSR count). The summed E-state index contributed by atoms with van der Waals surface area (Å²) in [5.74, 6) is 0. The molecule has 0 amide bonds. The van der Waals surface area contributed by atoms with Gasteiger partial charge < -0.3 is 11.5 Å². The van der Waals surface area contributed by atoms with Gasteiger partial charge in [0.05, 0.1) is 0 Å². The van der Waals surface area contributed by atoms with Gasteiger partial charge in [-0.1, -0.05) is 0 Å². The van der Waals surface area contributed by atoms with Crippen molar-refractivity contribution in [1.29, 1.82) is 0 Å². The van der Waals surface area contributed by atoms with Crippen molar-refractivity contribution in [3.8, 4) is 0 Å². The normalized spacial score (nSPS) is 34.3. The second kappa shape index (κ2) is 1.80. The first-order valence-corrected chi connectivity index (χ1v) is 2.65. The van der Waals surface area contributed by atoms with E-state index in [-0.39, 0.29) is 0 Å². The summed E-state index contributed by atoms with van der Waals surface area (Å²) < 4.78 is 0. The molecule has 1 atom stereocenters. The molecule has 1 fully saturated rings. The second-order valence-electron chi connectivity index (χ2n) is 2.16. The molecule has 1 saturated carbocycles. The summed E-state index contributed by atoms with van der Waals surface area (Å²) in [6.07, 6.45) is 3.08. The van der Waals surface area contributed by atoms with Gasteiger partial charge in [0.1, 0.15) is 0 Å². The van der Waals surface area contributed by atoms with Crippen LogP contribution in [0.4, 0.5) is 0 Å². The number of hydrogen-bond acceptors (Lipinski definition) is 2. The highest BCUT2D eigenvalue weighted by atomic mass is 14.7. The van der Waals surface area contributed by atoms with E-state index in [1.807, 2.05) is 0 Å². The molecule has 2 nitrogen and oxygen atoms in total. The average molecular weight is 99.2 g/mol. The van der Waals surface area contributed by atoms with E-state index in [1.165, 1.54) is 0 Å². The highest BCUT2D eigenvalue weighted by Gasteiger charge is 2.17. The molecule has 0 aromatic rings. The third-order valence-electron chi connectivity index (χ3n) is 1.36. The van der Waals surface area contributed by atoms with Crippen molar-refractivity contribution in [3.05, 3.63) is 6.04 Å². The largest absolute Gasteiger partial charge is 0.328 e. The SMILES string of the molecule is N[C]1CCC(N)C1. The van der Waals surface area contributed by atoms with Gasteiger partial charge in [-0.25, -0.2) is 0 Å². The van der Waals surface area contributed by atoms with Crippen LogP contribution in [0.1, 0.15) is 19.3 Å². The Balaban J connectivity index is 2.26. The summed E-state index contributed by atoms with van der Waals surface area (Å²) in [5, 5.41) is 0.